The Morgan fingerprint density at radius 3 is 0.835 bits per heavy atom. The van der Waals surface area contributed by atoms with Gasteiger partial charge < -0.3 is 19.4 Å². The second-order valence-corrected chi connectivity index (χ2v) is 26.2. The normalized spacial score (nSPS) is 11.7. The van der Waals surface area contributed by atoms with Crippen LogP contribution in [0.3, 0.4) is 0 Å². The number of aryl methyl sites for hydroxylation is 2. The van der Waals surface area contributed by atoms with Gasteiger partial charge in [-0.15, -0.1) is 23.7 Å². The van der Waals surface area contributed by atoms with Crippen molar-refractivity contribution in [3.05, 3.63) is 173 Å². The minimum Gasteiger partial charge on any atom is -0.493 e. The van der Waals surface area contributed by atoms with Crippen molar-refractivity contribution in [3.63, 3.8) is 0 Å². The average molecular weight is 1330 g/mol. The van der Waals surface area contributed by atoms with E-state index in [9.17, 15) is 5.53 Å². The van der Waals surface area contributed by atoms with E-state index in [1.807, 2.05) is 36.4 Å². The minimum absolute atomic E-state index is 0. The SMILES string of the molecule is CCCCCCCCCCCCCCCCCCCC#CCCc1ccccc1C1=C(CCCC)C(CCCCCC)=C(c2ccccc2CCC#CCCCCCCCCCCCCCCCCCCC)[N+]1=[N-].[CH2-]Cc1ccccc1.[CH2-]Cc1ccccc1.[Pd+2]. The summed E-state index contributed by atoms with van der Waals surface area (Å²) in [6, 6.07) is 38.2. The molecule has 506 valence electrons. The maximum atomic E-state index is 12.6. The standard InChI is InChI=1S/C72H116N2.2C8H9.Pd/c1-5-9-13-16-18-20-22-24-26-28-30-32-34-36-38-40-42-44-46-48-50-57-65-59-53-55-62-67(65)71-69(61-12-8-4)70(64-52-15-11-7-3)72(74(71)73)68-63-56-54-60-66(68)58-51-49-47-45-43-41-39-37-35-33-31-29-27-25-23-21-19-17-14-10-6-2;2*1-2-8-6-4-3-5-7-8;/h53-56,59-60,62-63H,5-45,50-52,57-58,61,64H2,1-4H3;2*3-7H,1-2H2;/q;2*-1;+2. The molecule has 91 heavy (non-hydrogen) atoms. The molecule has 0 N–H and O–H groups in total. The third kappa shape index (κ3) is 40.6. The predicted octanol–water partition coefficient (Wildman–Crippen LogP) is 28.1. The zero-order valence-corrected chi connectivity index (χ0v) is 60.9. The molecule has 5 rings (SSSR count). The van der Waals surface area contributed by atoms with E-state index in [-0.39, 0.29) is 20.4 Å². The van der Waals surface area contributed by atoms with E-state index in [0.29, 0.717) is 0 Å². The van der Waals surface area contributed by atoms with Gasteiger partial charge in [-0.1, -0.05) is 367 Å². The molecule has 0 unspecified atom stereocenters. The van der Waals surface area contributed by atoms with Gasteiger partial charge in [-0.2, -0.15) is 12.8 Å². The van der Waals surface area contributed by atoms with E-state index in [1.54, 1.807) is 4.70 Å². The van der Waals surface area contributed by atoms with Gasteiger partial charge in [0.05, 0.1) is 0 Å². The Labute approximate surface area is 578 Å². The quantitative estimate of drug-likeness (QED) is 0.0138. The molecule has 0 aromatic heterocycles. The van der Waals surface area contributed by atoms with Crippen LogP contribution in [0.15, 0.2) is 120 Å². The number of allylic oxidation sites excluding steroid dienone is 2. The molecule has 0 fully saturated rings. The number of nitrogens with zero attached hydrogens (tertiary/aromatic N) is 2. The van der Waals surface area contributed by atoms with Crippen molar-refractivity contribution in [1.29, 1.82) is 0 Å². The summed E-state index contributed by atoms with van der Waals surface area (Å²) in [7, 11) is 0. The molecule has 3 heteroatoms. The fourth-order valence-corrected chi connectivity index (χ4v) is 12.7. The molecule has 0 bridgehead atoms. The Bertz CT molecular complexity index is 2490. The third-order valence-corrected chi connectivity index (χ3v) is 18.3. The van der Waals surface area contributed by atoms with E-state index in [1.165, 1.54) is 282 Å². The van der Waals surface area contributed by atoms with Gasteiger partial charge in [0.1, 0.15) is 0 Å². The molecule has 4 aromatic rings. The van der Waals surface area contributed by atoms with Crippen molar-refractivity contribution in [1.82, 2.24) is 0 Å². The summed E-state index contributed by atoms with van der Waals surface area (Å²) in [5.41, 5.74) is 24.8. The molecule has 1 aliphatic heterocycles. The first-order valence-corrected chi connectivity index (χ1v) is 38.2. The van der Waals surface area contributed by atoms with Crippen molar-refractivity contribution in [2.24, 2.45) is 0 Å². The van der Waals surface area contributed by atoms with Crippen LogP contribution in [-0.2, 0) is 46.1 Å². The number of hydrogen-bond acceptors (Lipinski definition) is 0. The van der Waals surface area contributed by atoms with E-state index < -0.39 is 0 Å². The largest absolute Gasteiger partial charge is 2.00 e. The summed E-state index contributed by atoms with van der Waals surface area (Å²) in [5.74, 6) is 14.2. The fraction of sp³-hybridized carbons (Fsp3) is 0.614. The molecule has 0 amide bonds. The Morgan fingerprint density at radius 1 is 0.286 bits per heavy atom. The van der Waals surface area contributed by atoms with E-state index >= 15 is 0 Å². The van der Waals surface area contributed by atoms with E-state index in [4.69, 9.17) is 0 Å². The number of hydrogen-bond donors (Lipinski definition) is 0. The molecule has 0 aliphatic carbocycles. The third-order valence-electron chi connectivity index (χ3n) is 18.3. The topological polar surface area (TPSA) is 25.3 Å². The van der Waals surface area contributed by atoms with Crippen molar-refractivity contribution >= 4 is 11.4 Å². The first-order valence-electron chi connectivity index (χ1n) is 38.2. The fourth-order valence-electron chi connectivity index (χ4n) is 12.7. The summed E-state index contributed by atoms with van der Waals surface area (Å²) >= 11 is 0. The summed E-state index contributed by atoms with van der Waals surface area (Å²) in [6.45, 7) is 16.7. The number of unbranched alkanes of at least 4 members (excludes halogenated alkanes) is 38. The van der Waals surface area contributed by atoms with Crippen LogP contribution >= 0.6 is 0 Å². The summed E-state index contributed by atoms with van der Waals surface area (Å²) in [6.07, 6.45) is 64.2. The van der Waals surface area contributed by atoms with E-state index in [2.05, 4.69) is 138 Å². The molecule has 0 saturated carbocycles. The van der Waals surface area contributed by atoms with Crippen LogP contribution in [-0.4, -0.2) is 4.70 Å². The van der Waals surface area contributed by atoms with Gasteiger partial charge in [-0.05, 0) is 74.6 Å². The van der Waals surface area contributed by atoms with Crippen LogP contribution in [0, 0.1) is 37.5 Å². The van der Waals surface area contributed by atoms with Crippen molar-refractivity contribution in [2.75, 3.05) is 0 Å². The van der Waals surface area contributed by atoms with Gasteiger partial charge in [-0.25, -0.2) is 4.70 Å². The van der Waals surface area contributed by atoms with Gasteiger partial charge in [0.15, 0.2) is 0 Å². The molecule has 0 radical (unpaired) electrons. The van der Waals surface area contributed by atoms with Crippen molar-refractivity contribution in [2.45, 2.75) is 349 Å². The molecule has 2 nitrogen and oxygen atoms in total. The van der Waals surface area contributed by atoms with Crippen LogP contribution in [0.25, 0.3) is 16.9 Å². The second kappa shape index (κ2) is 60.7. The maximum Gasteiger partial charge on any atom is 2.00 e. The van der Waals surface area contributed by atoms with Crippen molar-refractivity contribution < 1.29 is 25.1 Å². The zero-order chi connectivity index (χ0) is 64.3. The Balaban J connectivity index is 0.00000143. The molecule has 1 aliphatic rings. The molecule has 0 atom stereocenters. The molecular weight excluding hydrogens is 1190 g/mol. The van der Waals surface area contributed by atoms with Crippen LogP contribution in [0.5, 0.6) is 0 Å². The average Bonchev–Trinajstić information content (AvgIpc) is 1.62. The van der Waals surface area contributed by atoms with Gasteiger partial charge in [-0.3, -0.25) is 0 Å². The van der Waals surface area contributed by atoms with Crippen LogP contribution in [0.4, 0.5) is 0 Å². The van der Waals surface area contributed by atoms with Gasteiger partial charge in [0.2, 0.25) is 11.4 Å². The summed E-state index contributed by atoms with van der Waals surface area (Å²) < 4.78 is 1.62. The summed E-state index contributed by atoms with van der Waals surface area (Å²) in [5, 5.41) is 0. The van der Waals surface area contributed by atoms with Gasteiger partial charge in [0, 0.05) is 48.0 Å². The van der Waals surface area contributed by atoms with E-state index in [0.717, 1.165) is 94.9 Å². The zero-order valence-electron chi connectivity index (χ0n) is 59.4. The Kier molecular flexibility index (Phi) is 55.2. The second-order valence-electron chi connectivity index (χ2n) is 26.2. The van der Waals surface area contributed by atoms with Gasteiger partial charge in [0.25, 0.3) is 0 Å². The van der Waals surface area contributed by atoms with Crippen LogP contribution in [0.1, 0.15) is 356 Å². The molecular formula is C88H134N2Pd. The molecule has 1 heterocycles. The first-order chi connectivity index (χ1) is 44.5. The molecule has 0 saturated heterocycles. The summed E-state index contributed by atoms with van der Waals surface area (Å²) in [4.78, 5) is 0. The van der Waals surface area contributed by atoms with Gasteiger partial charge >= 0.3 is 20.4 Å². The molecule has 4 aromatic carbocycles. The van der Waals surface area contributed by atoms with Crippen LogP contribution in [0.2, 0.25) is 0 Å². The Morgan fingerprint density at radius 2 is 0.538 bits per heavy atom. The monoisotopic (exact) mass is 1320 g/mol. The first kappa shape index (κ1) is 82.8. The maximum absolute atomic E-state index is 12.6. The molecule has 0 spiro atoms. The smallest absolute Gasteiger partial charge is 0.493 e. The Hall–Kier alpha value is -4.26. The minimum atomic E-state index is 0. The predicted molar refractivity (Wildman–Crippen MR) is 399 cm³/mol. The number of rotatable bonds is 50. The number of benzene rings is 4. The van der Waals surface area contributed by atoms with Crippen molar-refractivity contribution in [3.8, 4) is 23.7 Å². The van der Waals surface area contributed by atoms with Crippen LogP contribution < -0.4 is 0 Å².